The highest BCUT2D eigenvalue weighted by Crippen LogP contribution is 2.40. The van der Waals surface area contributed by atoms with Gasteiger partial charge >= 0.3 is 5.97 Å². The number of carboxylic acids is 1. The van der Waals surface area contributed by atoms with E-state index in [1.165, 1.54) is 16.6 Å². The van der Waals surface area contributed by atoms with Crippen molar-refractivity contribution in [2.75, 3.05) is 31.6 Å². The molecular weight excluding hydrogens is 386 g/mol. The maximum atomic E-state index is 15.6. The first-order valence-electron chi connectivity index (χ1n) is 9.22. The average Bonchev–Trinajstić information content (AvgIpc) is 3.44. The Morgan fingerprint density at radius 1 is 1.41 bits per heavy atom. The van der Waals surface area contributed by atoms with Gasteiger partial charge in [-0.2, -0.15) is 0 Å². The van der Waals surface area contributed by atoms with Crippen molar-refractivity contribution < 1.29 is 23.5 Å². The molecule has 0 radical (unpaired) electrons. The Balaban J connectivity index is 1.93. The molecule has 1 atom stereocenters. The van der Waals surface area contributed by atoms with E-state index in [0.29, 0.717) is 5.71 Å². The Labute approximate surface area is 164 Å². The predicted molar refractivity (Wildman–Crippen MR) is 103 cm³/mol. The van der Waals surface area contributed by atoms with Gasteiger partial charge < -0.3 is 25.1 Å². The molecule has 1 aromatic carbocycles. The zero-order valence-corrected chi connectivity index (χ0v) is 15.7. The first-order chi connectivity index (χ1) is 13.9. The Morgan fingerprint density at radius 3 is 2.72 bits per heavy atom. The molecule has 1 unspecified atom stereocenters. The molecule has 2 aromatic rings. The molecule has 8 nitrogen and oxygen atoms in total. The van der Waals surface area contributed by atoms with Gasteiger partial charge in [0.25, 0.3) is 0 Å². The van der Waals surface area contributed by atoms with Crippen LogP contribution in [0.5, 0.6) is 0 Å². The van der Waals surface area contributed by atoms with Gasteiger partial charge in [0.1, 0.15) is 24.2 Å². The number of carbonyl (C=O) groups is 1. The molecule has 1 aliphatic carbocycles. The number of anilines is 1. The van der Waals surface area contributed by atoms with E-state index in [1.54, 1.807) is 0 Å². The van der Waals surface area contributed by atoms with Gasteiger partial charge in [-0.3, -0.25) is 4.79 Å². The van der Waals surface area contributed by atoms with Gasteiger partial charge in [-0.15, -0.1) is 0 Å². The van der Waals surface area contributed by atoms with Gasteiger partial charge in [0.15, 0.2) is 5.82 Å². The second-order valence-corrected chi connectivity index (χ2v) is 7.31. The first kappa shape index (κ1) is 19.3. The Bertz CT molecular complexity index is 1090. The number of fused-ring (bicyclic) bond motifs is 1. The third kappa shape index (κ3) is 3.13. The minimum atomic E-state index is -1.43. The fraction of sp³-hybridized carbons (Fsp3) is 0.421. The second kappa shape index (κ2) is 7.11. The molecule has 1 saturated heterocycles. The molecule has 1 saturated carbocycles. The lowest BCUT2D eigenvalue weighted by molar-refractivity contribution is 0.0694. The zero-order valence-electron chi connectivity index (χ0n) is 15.7. The van der Waals surface area contributed by atoms with Crippen LogP contribution in [-0.2, 0) is 4.84 Å². The largest absolute Gasteiger partial charge is 0.477 e. The van der Waals surface area contributed by atoms with Crippen molar-refractivity contribution in [3.8, 4) is 0 Å². The van der Waals surface area contributed by atoms with Crippen molar-refractivity contribution in [1.29, 1.82) is 0 Å². The van der Waals surface area contributed by atoms with E-state index in [-0.39, 0.29) is 48.2 Å². The van der Waals surface area contributed by atoms with E-state index in [4.69, 9.17) is 10.6 Å². The van der Waals surface area contributed by atoms with Crippen molar-refractivity contribution >= 4 is 28.3 Å². The Kier molecular flexibility index (Phi) is 4.73. The normalized spacial score (nSPS) is 20.6. The van der Waals surface area contributed by atoms with E-state index in [9.17, 15) is 19.1 Å². The van der Waals surface area contributed by atoms with Crippen molar-refractivity contribution in [1.82, 2.24) is 4.57 Å². The number of rotatable bonds is 5. The summed E-state index contributed by atoms with van der Waals surface area (Å²) in [6, 6.07) is 0.801. The molecular formula is C19H20F2N4O4. The molecule has 2 fully saturated rings. The van der Waals surface area contributed by atoms with Crippen LogP contribution in [0.15, 0.2) is 22.2 Å². The summed E-state index contributed by atoms with van der Waals surface area (Å²) in [5, 5.41) is 12.9. The minimum absolute atomic E-state index is 0.0830. The average molecular weight is 406 g/mol. The topological polar surface area (TPSA) is 110 Å². The number of pyridine rings is 1. The SMILES string of the molecule is CO/N=C1\CN(c2c(F)cc3c(=O)c(C(=O)O)cn(C4CC4)c3c2F)CC1CN. The van der Waals surface area contributed by atoms with Gasteiger partial charge in [-0.05, 0) is 18.9 Å². The molecule has 2 aliphatic rings. The number of carboxylic acid groups (broad SMARTS) is 1. The standard InChI is InChI=1S/C19H20F2N4O4/c1-29-23-14-8-24(6-9(14)5-22)17-13(20)4-11-16(15(17)21)25(10-2-3-10)7-12(18(11)26)19(27)28/h4,7,9-10H,2-3,5-6,8,22H2,1H3,(H,27,28)/b23-14+. The minimum Gasteiger partial charge on any atom is -0.477 e. The Hall–Kier alpha value is -3.01. The van der Waals surface area contributed by atoms with Crippen LogP contribution in [0.3, 0.4) is 0 Å². The summed E-state index contributed by atoms with van der Waals surface area (Å²) in [7, 11) is 1.38. The molecule has 3 N–H and O–H groups in total. The summed E-state index contributed by atoms with van der Waals surface area (Å²) < 4.78 is 32.0. The Morgan fingerprint density at radius 2 is 2.14 bits per heavy atom. The first-order valence-corrected chi connectivity index (χ1v) is 9.22. The molecule has 1 aromatic heterocycles. The van der Waals surface area contributed by atoms with Crippen LogP contribution in [0.4, 0.5) is 14.5 Å². The number of oxime groups is 1. The molecule has 0 spiro atoms. The lowest BCUT2D eigenvalue weighted by Gasteiger charge is -2.22. The van der Waals surface area contributed by atoms with Gasteiger partial charge in [0.05, 0.1) is 23.2 Å². The number of halogens is 2. The molecule has 1 aliphatic heterocycles. The van der Waals surface area contributed by atoms with Crippen molar-refractivity contribution in [3.05, 3.63) is 39.7 Å². The number of nitrogens with zero attached hydrogens (tertiary/aromatic N) is 3. The molecule has 10 heteroatoms. The van der Waals surface area contributed by atoms with E-state index in [0.717, 1.165) is 25.1 Å². The van der Waals surface area contributed by atoms with E-state index < -0.39 is 28.6 Å². The number of hydrogen-bond donors (Lipinski definition) is 2. The van der Waals surface area contributed by atoms with E-state index >= 15 is 4.39 Å². The van der Waals surface area contributed by atoms with Crippen LogP contribution in [-0.4, -0.2) is 48.1 Å². The van der Waals surface area contributed by atoms with Crippen molar-refractivity contribution in [2.45, 2.75) is 18.9 Å². The van der Waals surface area contributed by atoms with Gasteiger partial charge in [-0.25, -0.2) is 13.6 Å². The third-order valence-electron chi connectivity index (χ3n) is 5.43. The number of nitrogens with two attached hydrogens (primary N) is 1. The number of aromatic nitrogens is 1. The molecule has 0 bridgehead atoms. The summed E-state index contributed by atoms with van der Waals surface area (Å²) in [5.41, 5.74) is 4.55. The van der Waals surface area contributed by atoms with Crippen LogP contribution < -0.4 is 16.1 Å². The lowest BCUT2D eigenvalue weighted by atomic mass is 10.1. The summed E-state index contributed by atoms with van der Waals surface area (Å²) >= 11 is 0. The maximum absolute atomic E-state index is 15.6. The van der Waals surface area contributed by atoms with Gasteiger partial charge in [0.2, 0.25) is 5.43 Å². The summed E-state index contributed by atoms with van der Waals surface area (Å²) in [6.07, 6.45) is 2.61. The molecule has 2 heterocycles. The lowest BCUT2D eigenvalue weighted by Crippen LogP contribution is -2.26. The number of hydrogen-bond acceptors (Lipinski definition) is 6. The number of benzene rings is 1. The molecule has 154 valence electrons. The van der Waals surface area contributed by atoms with Crippen molar-refractivity contribution in [2.24, 2.45) is 16.8 Å². The van der Waals surface area contributed by atoms with Crippen LogP contribution in [0, 0.1) is 17.6 Å². The third-order valence-corrected chi connectivity index (χ3v) is 5.43. The fourth-order valence-electron chi connectivity index (χ4n) is 3.88. The maximum Gasteiger partial charge on any atom is 0.341 e. The van der Waals surface area contributed by atoms with Crippen LogP contribution in [0.25, 0.3) is 10.9 Å². The van der Waals surface area contributed by atoms with Crippen LogP contribution in [0.1, 0.15) is 29.2 Å². The highest BCUT2D eigenvalue weighted by molar-refractivity contribution is 5.96. The predicted octanol–water partition coefficient (Wildman–Crippen LogP) is 1.71. The highest BCUT2D eigenvalue weighted by atomic mass is 19.1. The summed E-state index contributed by atoms with van der Waals surface area (Å²) in [4.78, 5) is 30.3. The monoisotopic (exact) mass is 406 g/mol. The number of aromatic carboxylic acids is 1. The quantitative estimate of drug-likeness (QED) is 0.732. The van der Waals surface area contributed by atoms with Crippen LogP contribution >= 0.6 is 0 Å². The molecule has 29 heavy (non-hydrogen) atoms. The summed E-state index contributed by atoms with van der Waals surface area (Å²) in [5.74, 6) is -3.48. The van der Waals surface area contributed by atoms with Crippen LogP contribution in [0.2, 0.25) is 0 Å². The van der Waals surface area contributed by atoms with Crippen molar-refractivity contribution in [3.63, 3.8) is 0 Å². The fourth-order valence-corrected chi connectivity index (χ4v) is 3.88. The zero-order chi connectivity index (χ0) is 20.9. The van der Waals surface area contributed by atoms with Gasteiger partial charge in [-0.1, -0.05) is 5.16 Å². The van der Waals surface area contributed by atoms with E-state index in [2.05, 4.69) is 5.16 Å². The summed E-state index contributed by atoms with van der Waals surface area (Å²) in [6.45, 7) is 0.624. The molecule has 0 amide bonds. The second-order valence-electron chi connectivity index (χ2n) is 7.31. The van der Waals surface area contributed by atoms with Gasteiger partial charge in [0, 0.05) is 31.2 Å². The highest BCUT2D eigenvalue weighted by Gasteiger charge is 2.35. The van der Waals surface area contributed by atoms with E-state index in [1.807, 2.05) is 0 Å². The smallest absolute Gasteiger partial charge is 0.341 e. The molecule has 4 rings (SSSR count).